The maximum Gasteiger partial charge on any atom is 0.344 e. The number of para-hydroxylation sites is 1. The van der Waals surface area contributed by atoms with Gasteiger partial charge in [0.1, 0.15) is 5.92 Å². The minimum absolute atomic E-state index is 0.208. The highest BCUT2D eigenvalue weighted by atomic mass is 35.5. The Morgan fingerprint density at radius 1 is 1.09 bits per heavy atom. The van der Waals surface area contributed by atoms with Gasteiger partial charge in [0.2, 0.25) is 5.91 Å². The van der Waals surface area contributed by atoms with Gasteiger partial charge in [-0.15, -0.1) is 0 Å². The van der Waals surface area contributed by atoms with Gasteiger partial charge >= 0.3 is 12.0 Å². The lowest BCUT2D eigenvalue weighted by molar-refractivity contribution is -0.145. The first-order valence-electron chi connectivity index (χ1n) is 10.7. The van der Waals surface area contributed by atoms with Crippen molar-refractivity contribution in [1.82, 2.24) is 10.6 Å². The van der Waals surface area contributed by atoms with Gasteiger partial charge in [-0.2, -0.15) is 0 Å². The molecule has 0 aromatic heterocycles. The van der Waals surface area contributed by atoms with E-state index < -0.39 is 24.0 Å². The van der Waals surface area contributed by atoms with Crippen molar-refractivity contribution in [3.63, 3.8) is 0 Å². The molecule has 2 aromatic rings. The Kier molecular flexibility index (Phi) is 8.37. The second-order valence-electron chi connectivity index (χ2n) is 7.28. The van der Waals surface area contributed by atoms with E-state index in [1.807, 2.05) is 6.07 Å². The van der Waals surface area contributed by atoms with E-state index in [0.29, 0.717) is 23.6 Å². The summed E-state index contributed by atoms with van der Waals surface area (Å²) < 4.78 is 16.1. The highest BCUT2D eigenvalue weighted by Gasteiger charge is 2.39. The molecule has 0 saturated carbocycles. The summed E-state index contributed by atoms with van der Waals surface area (Å²) in [4.78, 5) is 37.1. The van der Waals surface area contributed by atoms with Crippen LogP contribution in [-0.4, -0.2) is 37.7 Å². The van der Waals surface area contributed by atoms with Crippen molar-refractivity contribution in [3.05, 3.63) is 65.3 Å². The summed E-state index contributed by atoms with van der Waals surface area (Å²) in [5, 5.41) is 8.34. The quantitative estimate of drug-likeness (QED) is 0.463. The molecule has 0 radical (unpaired) electrons. The molecule has 9 nitrogen and oxygen atoms in total. The number of nitrogens with one attached hydrogen (secondary N) is 3. The second-order valence-corrected chi connectivity index (χ2v) is 7.69. The van der Waals surface area contributed by atoms with Crippen LogP contribution in [0.3, 0.4) is 0 Å². The number of benzene rings is 2. The number of ether oxygens (including phenoxy) is 3. The number of anilines is 1. The van der Waals surface area contributed by atoms with Crippen LogP contribution >= 0.6 is 11.6 Å². The van der Waals surface area contributed by atoms with Crippen LogP contribution in [0.2, 0.25) is 5.02 Å². The van der Waals surface area contributed by atoms with Crippen LogP contribution in [-0.2, 0) is 14.3 Å². The van der Waals surface area contributed by atoms with E-state index in [9.17, 15) is 14.4 Å². The third-order valence-corrected chi connectivity index (χ3v) is 5.27. The zero-order chi connectivity index (χ0) is 24.7. The summed E-state index contributed by atoms with van der Waals surface area (Å²) in [6.45, 7) is 7.56. The predicted octanol–water partition coefficient (Wildman–Crippen LogP) is 3.80. The standard InChI is InChI=1S/C24H26ClN3O6/c1-4-32-18-11-16(17(25)12-19(18)34-13-20(29)33-5-2)22-21(14(3)26-24(31)28-22)23(30)27-15-9-7-6-8-10-15/h6-12,21-22H,3-5,13H2,1-2H3,(H,27,30)(H2,26,28,31)/t21-,22+/m0/s1. The molecule has 3 rings (SSSR count). The zero-order valence-corrected chi connectivity index (χ0v) is 19.6. The Balaban J connectivity index is 1.93. The van der Waals surface area contributed by atoms with E-state index in [4.69, 9.17) is 25.8 Å². The molecule has 0 spiro atoms. The molecule has 0 unspecified atom stereocenters. The molecule has 0 aliphatic carbocycles. The predicted molar refractivity (Wildman–Crippen MR) is 127 cm³/mol. The van der Waals surface area contributed by atoms with Crippen molar-refractivity contribution in [2.75, 3.05) is 25.1 Å². The van der Waals surface area contributed by atoms with Crippen molar-refractivity contribution in [1.29, 1.82) is 0 Å². The van der Waals surface area contributed by atoms with E-state index in [1.165, 1.54) is 6.07 Å². The average molecular weight is 488 g/mol. The third kappa shape index (κ3) is 5.99. The molecule has 0 bridgehead atoms. The lowest BCUT2D eigenvalue weighted by Gasteiger charge is -2.34. The molecule has 34 heavy (non-hydrogen) atoms. The summed E-state index contributed by atoms with van der Waals surface area (Å²) in [7, 11) is 0. The topological polar surface area (TPSA) is 115 Å². The zero-order valence-electron chi connectivity index (χ0n) is 18.9. The molecule has 1 heterocycles. The summed E-state index contributed by atoms with van der Waals surface area (Å²) in [6, 6.07) is 10.6. The van der Waals surface area contributed by atoms with Crippen LogP contribution in [0.4, 0.5) is 10.5 Å². The summed E-state index contributed by atoms with van der Waals surface area (Å²) in [5.74, 6) is -1.27. The van der Waals surface area contributed by atoms with Crippen LogP contribution in [0.15, 0.2) is 54.7 Å². The first-order chi connectivity index (χ1) is 16.3. The Morgan fingerprint density at radius 2 is 1.79 bits per heavy atom. The van der Waals surface area contributed by atoms with Crippen molar-refractivity contribution in [3.8, 4) is 11.5 Å². The van der Waals surface area contributed by atoms with E-state index in [-0.39, 0.29) is 35.6 Å². The van der Waals surface area contributed by atoms with E-state index in [2.05, 4.69) is 22.5 Å². The number of rotatable bonds is 9. The molecule has 2 atom stereocenters. The Labute approximate surface area is 202 Å². The number of hydrogen-bond donors (Lipinski definition) is 3. The van der Waals surface area contributed by atoms with Crippen molar-refractivity contribution < 1.29 is 28.6 Å². The molecule has 1 aliphatic heterocycles. The molecule has 1 fully saturated rings. The molecule has 2 aromatic carbocycles. The fraction of sp³-hybridized carbons (Fsp3) is 0.292. The van der Waals surface area contributed by atoms with E-state index in [1.54, 1.807) is 44.2 Å². The van der Waals surface area contributed by atoms with Crippen LogP contribution in [0.5, 0.6) is 11.5 Å². The number of urea groups is 1. The molecule has 1 aliphatic rings. The highest BCUT2D eigenvalue weighted by molar-refractivity contribution is 6.31. The average Bonchev–Trinajstić information content (AvgIpc) is 2.79. The molecule has 1 saturated heterocycles. The van der Waals surface area contributed by atoms with Crippen molar-refractivity contribution in [2.24, 2.45) is 5.92 Å². The molecule has 180 valence electrons. The van der Waals surface area contributed by atoms with E-state index >= 15 is 0 Å². The fourth-order valence-corrected chi connectivity index (χ4v) is 3.77. The minimum atomic E-state index is -0.879. The molecule has 3 amide bonds. The van der Waals surface area contributed by atoms with Gasteiger partial charge in [0, 0.05) is 22.5 Å². The highest BCUT2D eigenvalue weighted by Crippen LogP contribution is 2.40. The Bertz CT molecular complexity index is 1080. The van der Waals surface area contributed by atoms with Gasteiger partial charge in [-0.05, 0) is 37.6 Å². The van der Waals surface area contributed by atoms with Gasteiger partial charge in [-0.3, -0.25) is 4.79 Å². The number of esters is 1. The summed E-state index contributed by atoms with van der Waals surface area (Å²) >= 11 is 6.55. The number of amides is 3. The second kappa shape index (κ2) is 11.4. The minimum Gasteiger partial charge on any atom is -0.490 e. The van der Waals surface area contributed by atoms with Crippen molar-refractivity contribution in [2.45, 2.75) is 19.9 Å². The molecule has 10 heteroatoms. The number of carbonyl (C=O) groups excluding carboxylic acids is 3. The monoisotopic (exact) mass is 487 g/mol. The largest absolute Gasteiger partial charge is 0.490 e. The van der Waals surface area contributed by atoms with Crippen molar-refractivity contribution >= 4 is 35.2 Å². The summed E-state index contributed by atoms with van der Waals surface area (Å²) in [5.41, 5.74) is 1.25. The lowest BCUT2D eigenvalue weighted by Crippen LogP contribution is -2.51. The van der Waals surface area contributed by atoms with Crippen LogP contribution in [0.1, 0.15) is 25.5 Å². The third-order valence-electron chi connectivity index (χ3n) is 4.94. The normalized spacial score (nSPS) is 17.3. The van der Waals surface area contributed by atoms with Crippen LogP contribution < -0.4 is 25.4 Å². The maximum absolute atomic E-state index is 13.2. The van der Waals surface area contributed by atoms with Crippen LogP contribution in [0, 0.1) is 5.92 Å². The van der Waals surface area contributed by atoms with Gasteiger partial charge < -0.3 is 30.2 Å². The van der Waals surface area contributed by atoms with Gasteiger partial charge in [0.05, 0.1) is 19.3 Å². The van der Waals surface area contributed by atoms with Gasteiger partial charge in [-0.25, -0.2) is 9.59 Å². The lowest BCUT2D eigenvalue weighted by atomic mass is 9.88. The molecular formula is C24H26ClN3O6. The van der Waals surface area contributed by atoms with Gasteiger partial charge in [-0.1, -0.05) is 36.4 Å². The maximum atomic E-state index is 13.2. The SMILES string of the molecule is C=C1NC(=O)N[C@H](c2cc(OCC)c(OCC(=O)OCC)cc2Cl)[C@H]1C(=O)Nc1ccccc1. The Morgan fingerprint density at radius 3 is 2.47 bits per heavy atom. The molecule has 3 N–H and O–H groups in total. The van der Waals surface area contributed by atoms with E-state index in [0.717, 1.165) is 0 Å². The number of hydrogen-bond acceptors (Lipinski definition) is 6. The fourth-order valence-electron chi connectivity index (χ4n) is 3.50. The number of halogens is 1. The van der Waals surface area contributed by atoms with Gasteiger partial charge in [0.15, 0.2) is 18.1 Å². The number of carbonyl (C=O) groups is 3. The summed E-state index contributed by atoms with van der Waals surface area (Å²) in [6.07, 6.45) is 0. The van der Waals surface area contributed by atoms with Gasteiger partial charge in [0.25, 0.3) is 0 Å². The first kappa shape index (κ1) is 24.9. The Hall–Kier alpha value is -3.72. The smallest absolute Gasteiger partial charge is 0.344 e. The first-order valence-corrected chi connectivity index (χ1v) is 11.1. The molecular weight excluding hydrogens is 462 g/mol. The van der Waals surface area contributed by atoms with Crippen LogP contribution in [0.25, 0.3) is 0 Å².